The van der Waals surface area contributed by atoms with Gasteiger partial charge in [0.15, 0.2) is 5.60 Å². The van der Waals surface area contributed by atoms with Crippen LogP contribution >= 0.6 is 0 Å². The summed E-state index contributed by atoms with van der Waals surface area (Å²) in [5.74, 6) is -0.301. The zero-order valence-corrected chi connectivity index (χ0v) is 35.3. The SMILES string of the molecule is CC(C)CCCCCCCCCCCCCCCOC(CCCCCCCCCCCCCCCC(C)C)(CC(=O)O)C(=O)OCC(CO)(CO)CO. The molecule has 0 aromatic carbocycles. The van der Waals surface area contributed by atoms with Crippen LogP contribution in [0.2, 0.25) is 0 Å². The van der Waals surface area contributed by atoms with Gasteiger partial charge in [-0.15, -0.1) is 0 Å². The number of esters is 1. The highest BCUT2D eigenvalue weighted by molar-refractivity contribution is 5.85. The molecule has 1 unspecified atom stereocenters. The Hall–Kier alpha value is -1.22. The standard InChI is InChI=1S/C45H88O8/c1-40(2)31-27-23-19-15-11-7-5-9-13-17-21-25-29-33-45(35-42(49)50,43(51)52-39-44(36-46,37-47)38-48)53-34-30-26-22-18-14-10-6-8-12-16-20-24-28-32-41(3)4/h40-41,46-48H,5-39H2,1-4H3,(H,49,50). The molecule has 0 fully saturated rings. The Morgan fingerprint density at radius 1 is 0.491 bits per heavy atom. The van der Waals surface area contributed by atoms with E-state index in [2.05, 4.69) is 27.7 Å². The van der Waals surface area contributed by atoms with E-state index in [0.29, 0.717) is 6.42 Å². The summed E-state index contributed by atoms with van der Waals surface area (Å²) in [4.78, 5) is 25.6. The first-order chi connectivity index (χ1) is 25.6. The Balaban J connectivity index is 4.62. The van der Waals surface area contributed by atoms with E-state index in [4.69, 9.17) is 9.47 Å². The molecule has 0 amide bonds. The predicted octanol–water partition coefficient (Wildman–Crippen LogP) is 11.3. The van der Waals surface area contributed by atoms with Crippen LogP contribution in [0.25, 0.3) is 0 Å². The smallest absolute Gasteiger partial charge is 0.339 e. The van der Waals surface area contributed by atoms with Crippen LogP contribution in [-0.2, 0) is 19.1 Å². The van der Waals surface area contributed by atoms with Crippen LogP contribution in [-0.4, -0.2) is 71.0 Å². The molecule has 1 atom stereocenters. The number of hydrogen-bond acceptors (Lipinski definition) is 7. The molecule has 8 nitrogen and oxygen atoms in total. The quantitative estimate of drug-likeness (QED) is 0.0358. The van der Waals surface area contributed by atoms with Gasteiger partial charge in [0.2, 0.25) is 0 Å². The Morgan fingerprint density at radius 3 is 1.13 bits per heavy atom. The number of ether oxygens (including phenoxy) is 2. The van der Waals surface area contributed by atoms with Gasteiger partial charge in [-0.2, -0.15) is 0 Å². The summed E-state index contributed by atoms with van der Waals surface area (Å²) in [5, 5.41) is 39.0. The van der Waals surface area contributed by atoms with Crippen LogP contribution < -0.4 is 0 Å². The lowest BCUT2D eigenvalue weighted by atomic mass is 9.90. The van der Waals surface area contributed by atoms with Gasteiger partial charge in [0.1, 0.15) is 6.61 Å². The summed E-state index contributed by atoms with van der Waals surface area (Å²) < 4.78 is 11.7. The molecule has 0 saturated carbocycles. The fraction of sp³-hybridized carbons (Fsp3) is 0.956. The number of rotatable bonds is 41. The van der Waals surface area contributed by atoms with Crippen LogP contribution in [0, 0.1) is 17.3 Å². The van der Waals surface area contributed by atoms with Crippen molar-refractivity contribution < 1.29 is 39.5 Å². The number of aliphatic hydroxyl groups is 3. The van der Waals surface area contributed by atoms with Gasteiger partial charge in [-0.1, -0.05) is 195 Å². The van der Waals surface area contributed by atoms with Crippen LogP contribution in [0.1, 0.15) is 220 Å². The fourth-order valence-corrected chi connectivity index (χ4v) is 7.10. The molecule has 0 rings (SSSR count). The molecular weight excluding hydrogens is 668 g/mol. The third-order valence-electron chi connectivity index (χ3n) is 11.0. The maximum atomic E-state index is 13.5. The summed E-state index contributed by atoms with van der Waals surface area (Å²) >= 11 is 0. The Labute approximate surface area is 327 Å². The first-order valence-corrected chi connectivity index (χ1v) is 22.4. The van der Waals surface area contributed by atoms with E-state index in [9.17, 15) is 30.0 Å². The molecule has 0 aromatic rings. The number of carbonyl (C=O) groups is 2. The third kappa shape index (κ3) is 29.7. The van der Waals surface area contributed by atoms with E-state index < -0.39 is 55.8 Å². The van der Waals surface area contributed by atoms with Gasteiger partial charge in [-0.25, -0.2) is 4.79 Å². The van der Waals surface area contributed by atoms with Crippen LogP contribution in [0.5, 0.6) is 0 Å². The molecule has 0 aliphatic rings. The number of unbranched alkanes of at least 4 members (excludes halogenated alkanes) is 24. The molecule has 0 spiro atoms. The highest BCUT2D eigenvalue weighted by Crippen LogP contribution is 2.29. The van der Waals surface area contributed by atoms with E-state index in [1.54, 1.807) is 0 Å². The lowest BCUT2D eigenvalue weighted by Gasteiger charge is -2.33. The van der Waals surface area contributed by atoms with Crippen molar-refractivity contribution in [2.45, 2.75) is 226 Å². The molecular formula is C45H88O8. The van der Waals surface area contributed by atoms with Gasteiger partial charge in [0.25, 0.3) is 0 Å². The van der Waals surface area contributed by atoms with Crippen LogP contribution in [0.4, 0.5) is 0 Å². The first-order valence-electron chi connectivity index (χ1n) is 22.4. The van der Waals surface area contributed by atoms with Crippen molar-refractivity contribution in [1.29, 1.82) is 0 Å². The second-order valence-electron chi connectivity index (χ2n) is 17.3. The van der Waals surface area contributed by atoms with Gasteiger partial charge >= 0.3 is 11.9 Å². The summed E-state index contributed by atoms with van der Waals surface area (Å²) in [6.07, 6.45) is 33.8. The fourth-order valence-electron chi connectivity index (χ4n) is 7.10. The summed E-state index contributed by atoms with van der Waals surface area (Å²) in [6, 6.07) is 0. The van der Waals surface area contributed by atoms with Crippen molar-refractivity contribution in [3.05, 3.63) is 0 Å². The maximum absolute atomic E-state index is 13.5. The number of carboxylic acids is 1. The Kier molecular flexibility index (Phi) is 34.4. The molecule has 0 bridgehead atoms. The number of carbonyl (C=O) groups excluding carboxylic acids is 1. The van der Waals surface area contributed by atoms with E-state index in [0.717, 1.165) is 50.4 Å². The molecule has 0 aliphatic heterocycles. The molecule has 316 valence electrons. The zero-order chi connectivity index (χ0) is 39.5. The Bertz CT molecular complexity index is 819. The third-order valence-corrected chi connectivity index (χ3v) is 11.0. The van der Waals surface area contributed by atoms with E-state index >= 15 is 0 Å². The van der Waals surface area contributed by atoms with Gasteiger partial charge in [-0.3, -0.25) is 4.79 Å². The topological polar surface area (TPSA) is 134 Å². The van der Waals surface area contributed by atoms with E-state index in [1.807, 2.05) is 0 Å². The Morgan fingerprint density at radius 2 is 0.811 bits per heavy atom. The molecule has 0 saturated heterocycles. The lowest BCUT2D eigenvalue weighted by Crippen LogP contribution is -2.48. The average molecular weight is 757 g/mol. The molecule has 0 aliphatic carbocycles. The van der Waals surface area contributed by atoms with Crippen molar-refractivity contribution in [3.8, 4) is 0 Å². The molecule has 4 N–H and O–H groups in total. The van der Waals surface area contributed by atoms with Crippen molar-refractivity contribution in [3.63, 3.8) is 0 Å². The number of aliphatic carboxylic acids is 1. The normalized spacial score (nSPS) is 13.2. The van der Waals surface area contributed by atoms with Crippen molar-refractivity contribution in [1.82, 2.24) is 0 Å². The predicted molar refractivity (Wildman–Crippen MR) is 219 cm³/mol. The summed E-state index contributed by atoms with van der Waals surface area (Å²) in [5.41, 5.74) is -3.04. The molecule has 0 aromatic heterocycles. The second-order valence-corrected chi connectivity index (χ2v) is 17.3. The monoisotopic (exact) mass is 757 g/mol. The number of aliphatic hydroxyl groups excluding tert-OH is 3. The lowest BCUT2D eigenvalue weighted by molar-refractivity contribution is -0.186. The van der Waals surface area contributed by atoms with Crippen LogP contribution in [0.15, 0.2) is 0 Å². The van der Waals surface area contributed by atoms with Crippen molar-refractivity contribution in [2.75, 3.05) is 33.0 Å². The maximum Gasteiger partial charge on any atom is 0.339 e. The van der Waals surface area contributed by atoms with Crippen molar-refractivity contribution >= 4 is 11.9 Å². The van der Waals surface area contributed by atoms with E-state index in [-0.39, 0.29) is 13.0 Å². The minimum atomic E-state index is -1.64. The summed E-state index contributed by atoms with van der Waals surface area (Å²) in [7, 11) is 0. The second kappa shape index (κ2) is 35.2. The van der Waals surface area contributed by atoms with Crippen molar-refractivity contribution in [2.24, 2.45) is 17.3 Å². The van der Waals surface area contributed by atoms with E-state index in [1.165, 1.54) is 135 Å². The van der Waals surface area contributed by atoms with Gasteiger partial charge in [-0.05, 0) is 31.1 Å². The first kappa shape index (κ1) is 51.8. The van der Waals surface area contributed by atoms with Crippen LogP contribution in [0.3, 0.4) is 0 Å². The van der Waals surface area contributed by atoms with Gasteiger partial charge < -0.3 is 29.9 Å². The summed E-state index contributed by atoms with van der Waals surface area (Å²) in [6.45, 7) is 7.32. The largest absolute Gasteiger partial charge is 0.481 e. The number of hydrogen-bond donors (Lipinski definition) is 4. The molecule has 0 heterocycles. The average Bonchev–Trinajstić information content (AvgIpc) is 3.13. The molecule has 53 heavy (non-hydrogen) atoms. The van der Waals surface area contributed by atoms with Gasteiger partial charge in [0, 0.05) is 6.61 Å². The highest BCUT2D eigenvalue weighted by Gasteiger charge is 2.44. The minimum Gasteiger partial charge on any atom is -0.481 e. The minimum absolute atomic E-state index is 0.234. The number of carboxylic acid groups (broad SMARTS) is 1. The molecule has 0 radical (unpaired) electrons. The zero-order valence-electron chi connectivity index (χ0n) is 35.3. The van der Waals surface area contributed by atoms with Gasteiger partial charge in [0.05, 0.1) is 31.7 Å². The highest BCUT2D eigenvalue weighted by atomic mass is 16.6. The molecule has 8 heteroatoms.